The fraction of sp³-hybridized carbons (Fsp3) is 0.250. The summed E-state index contributed by atoms with van der Waals surface area (Å²) in [4.78, 5) is 7.53. The first kappa shape index (κ1) is 19.7. The van der Waals surface area contributed by atoms with Crippen molar-refractivity contribution < 1.29 is 0 Å². The van der Waals surface area contributed by atoms with Gasteiger partial charge in [0.2, 0.25) is 0 Å². The Labute approximate surface area is 162 Å². The number of halogens is 2. The Morgan fingerprint density at radius 3 is 2.52 bits per heavy atom. The Hall–Kier alpha value is -1.30. The van der Waals surface area contributed by atoms with Crippen LogP contribution in [0, 0.1) is 11.3 Å². The molecular weight excluding hydrogens is 443 g/mol. The third kappa shape index (κ3) is 6.01. The molecule has 2 aromatic rings. The first-order chi connectivity index (χ1) is 10.6. The molecule has 1 aromatic carbocycles. The van der Waals surface area contributed by atoms with E-state index in [1.807, 2.05) is 48.3 Å². The van der Waals surface area contributed by atoms with Crippen LogP contribution >= 0.6 is 46.9 Å². The lowest BCUT2D eigenvalue weighted by molar-refractivity contribution is 0.481. The van der Waals surface area contributed by atoms with Gasteiger partial charge in [0.05, 0.1) is 22.5 Å². The Kier molecular flexibility index (Phi) is 8.37. The fourth-order valence-corrected chi connectivity index (χ4v) is 3.15. The topological polar surface area (TPSA) is 51.4 Å². The Morgan fingerprint density at radius 1 is 1.30 bits per heavy atom. The van der Waals surface area contributed by atoms with Crippen LogP contribution in [0.4, 0.5) is 0 Å². The number of nitriles is 1. The average Bonchev–Trinajstić information content (AvgIpc) is 2.93. The normalized spacial score (nSPS) is 10.6. The van der Waals surface area contributed by atoms with E-state index in [1.165, 1.54) is 4.88 Å². The molecule has 0 aliphatic rings. The maximum absolute atomic E-state index is 8.80. The third-order valence-electron chi connectivity index (χ3n) is 3.13. The minimum atomic E-state index is 0. The zero-order chi connectivity index (χ0) is 15.9. The van der Waals surface area contributed by atoms with Gasteiger partial charge in [-0.05, 0) is 29.8 Å². The molecule has 0 aliphatic heterocycles. The number of thiophene rings is 1. The molecule has 7 heteroatoms. The standard InChI is InChI=1S/C16H17ClN4S.HI/c1-19-16(21(2)11-14-7-8-15(17)22-14)20-10-13-5-3-12(9-18)4-6-13;/h3-8H,10-11H2,1-2H3,(H,19,20);1H. The third-order valence-corrected chi connectivity index (χ3v) is 4.34. The van der Waals surface area contributed by atoms with E-state index < -0.39 is 0 Å². The summed E-state index contributed by atoms with van der Waals surface area (Å²) in [6, 6.07) is 13.6. The molecule has 1 N–H and O–H groups in total. The minimum Gasteiger partial charge on any atom is -0.352 e. The SMILES string of the molecule is CN=C(NCc1ccc(C#N)cc1)N(C)Cc1ccc(Cl)s1.I. The molecule has 0 atom stereocenters. The number of rotatable bonds is 4. The average molecular weight is 461 g/mol. The van der Waals surface area contributed by atoms with Crippen LogP contribution in [0.5, 0.6) is 0 Å². The predicted molar refractivity (Wildman–Crippen MR) is 108 cm³/mol. The molecule has 0 amide bonds. The summed E-state index contributed by atoms with van der Waals surface area (Å²) in [6.45, 7) is 1.42. The Bertz CT molecular complexity index is 691. The molecular formula is C16H18ClIN4S. The summed E-state index contributed by atoms with van der Waals surface area (Å²) in [5.41, 5.74) is 1.77. The van der Waals surface area contributed by atoms with Crippen LogP contribution in [0.25, 0.3) is 0 Å². The highest BCUT2D eigenvalue weighted by Gasteiger charge is 2.08. The quantitative estimate of drug-likeness (QED) is 0.425. The van der Waals surface area contributed by atoms with Gasteiger partial charge in [-0.15, -0.1) is 35.3 Å². The van der Waals surface area contributed by atoms with E-state index in [1.54, 1.807) is 18.4 Å². The van der Waals surface area contributed by atoms with E-state index in [9.17, 15) is 0 Å². The fourth-order valence-electron chi connectivity index (χ4n) is 2.01. The van der Waals surface area contributed by atoms with Crippen LogP contribution < -0.4 is 5.32 Å². The second kappa shape index (κ2) is 9.75. The largest absolute Gasteiger partial charge is 0.352 e. The molecule has 0 bridgehead atoms. The van der Waals surface area contributed by atoms with Crippen LogP contribution in [0.15, 0.2) is 41.4 Å². The maximum atomic E-state index is 8.80. The van der Waals surface area contributed by atoms with Crippen molar-refractivity contribution in [2.24, 2.45) is 4.99 Å². The van der Waals surface area contributed by atoms with Gasteiger partial charge in [-0.25, -0.2) is 0 Å². The molecule has 1 heterocycles. The number of nitrogens with one attached hydrogen (secondary N) is 1. The summed E-state index contributed by atoms with van der Waals surface area (Å²) >= 11 is 7.53. The van der Waals surface area contributed by atoms with E-state index in [0.29, 0.717) is 12.1 Å². The van der Waals surface area contributed by atoms with Crippen LogP contribution in [0.2, 0.25) is 4.34 Å². The molecule has 23 heavy (non-hydrogen) atoms. The van der Waals surface area contributed by atoms with Crippen LogP contribution in [-0.4, -0.2) is 25.0 Å². The monoisotopic (exact) mass is 460 g/mol. The highest BCUT2D eigenvalue weighted by molar-refractivity contribution is 14.0. The molecule has 0 saturated carbocycles. The van der Waals surface area contributed by atoms with E-state index >= 15 is 0 Å². The van der Waals surface area contributed by atoms with Crippen molar-refractivity contribution in [2.45, 2.75) is 13.1 Å². The zero-order valence-electron chi connectivity index (χ0n) is 12.9. The number of guanidine groups is 1. The van der Waals surface area contributed by atoms with Gasteiger partial charge in [0.15, 0.2) is 5.96 Å². The van der Waals surface area contributed by atoms with Crippen LogP contribution in [0.3, 0.4) is 0 Å². The summed E-state index contributed by atoms with van der Waals surface area (Å²) in [7, 11) is 3.75. The molecule has 4 nitrogen and oxygen atoms in total. The lowest BCUT2D eigenvalue weighted by Gasteiger charge is -2.21. The summed E-state index contributed by atoms with van der Waals surface area (Å²) < 4.78 is 0.795. The lowest BCUT2D eigenvalue weighted by atomic mass is 10.1. The Morgan fingerprint density at radius 2 is 2.00 bits per heavy atom. The number of benzene rings is 1. The maximum Gasteiger partial charge on any atom is 0.193 e. The molecule has 1 aromatic heterocycles. The number of hydrogen-bond acceptors (Lipinski definition) is 3. The van der Waals surface area contributed by atoms with Crippen molar-refractivity contribution >= 4 is 52.9 Å². The number of nitrogens with zero attached hydrogens (tertiary/aromatic N) is 3. The summed E-state index contributed by atoms with van der Waals surface area (Å²) in [6.07, 6.45) is 0. The summed E-state index contributed by atoms with van der Waals surface area (Å²) in [5, 5.41) is 12.1. The van der Waals surface area contributed by atoms with Crippen molar-refractivity contribution in [3.8, 4) is 6.07 Å². The predicted octanol–water partition coefficient (Wildman–Crippen LogP) is 4.10. The zero-order valence-corrected chi connectivity index (χ0v) is 16.8. The smallest absolute Gasteiger partial charge is 0.193 e. The lowest BCUT2D eigenvalue weighted by Crippen LogP contribution is -2.37. The number of hydrogen-bond donors (Lipinski definition) is 1. The van der Waals surface area contributed by atoms with Gasteiger partial charge in [0, 0.05) is 25.5 Å². The van der Waals surface area contributed by atoms with Crippen LogP contribution in [0.1, 0.15) is 16.0 Å². The van der Waals surface area contributed by atoms with Gasteiger partial charge in [-0.1, -0.05) is 23.7 Å². The van der Waals surface area contributed by atoms with Gasteiger partial charge in [0.1, 0.15) is 0 Å². The van der Waals surface area contributed by atoms with Gasteiger partial charge in [-0.3, -0.25) is 4.99 Å². The minimum absolute atomic E-state index is 0. The van der Waals surface area contributed by atoms with Crippen molar-refractivity contribution in [2.75, 3.05) is 14.1 Å². The first-order valence-electron chi connectivity index (χ1n) is 6.77. The van der Waals surface area contributed by atoms with Crippen molar-refractivity contribution in [1.82, 2.24) is 10.2 Å². The van der Waals surface area contributed by atoms with Gasteiger partial charge >= 0.3 is 0 Å². The first-order valence-corrected chi connectivity index (χ1v) is 7.97. The van der Waals surface area contributed by atoms with Crippen LogP contribution in [-0.2, 0) is 13.1 Å². The highest BCUT2D eigenvalue weighted by Crippen LogP contribution is 2.22. The molecule has 2 rings (SSSR count). The number of aliphatic imine (C=N–C) groups is 1. The van der Waals surface area contributed by atoms with E-state index in [4.69, 9.17) is 16.9 Å². The molecule has 0 unspecified atom stereocenters. The second-order valence-corrected chi connectivity index (χ2v) is 6.57. The molecule has 0 saturated heterocycles. The summed E-state index contributed by atoms with van der Waals surface area (Å²) in [5.74, 6) is 0.814. The molecule has 0 spiro atoms. The van der Waals surface area contributed by atoms with E-state index in [2.05, 4.69) is 16.4 Å². The van der Waals surface area contributed by atoms with Gasteiger partial charge in [-0.2, -0.15) is 5.26 Å². The Balaban J connectivity index is 0.00000264. The molecule has 122 valence electrons. The molecule has 0 fully saturated rings. The van der Waals surface area contributed by atoms with Gasteiger partial charge in [0.25, 0.3) is 0 Å². The van der Waals surface area contributed by atoms with Crippen molar-refractivity contribution in [1.29, 1.82) is 5.26 Å². The van der Waals surface area contributed by atoms with E-state index in [0.717, 1.165) is 22.4 Å². The second-order valence-electron chi connectivity index (χ2n) is 4.77. The molecule has 0 aliphatic carbocycles. The molecule has 0 radical (unpaired) electrons. The van der Waals surface area contributed by atoms with Gasteiger partial charge < -0.3 is 10.2 Å². The van der Waals surface area contributed by atoms with Crippen molar-refractivity contribution in [3.63, 3.8) is 0 Å². The highest BCUT2D eigenvalue weighted by atomic mass is 127. The van der Waals surface area contributed by atoms with E-state index in [-0.39, 0.29) is 24.0 Å². The van der Waals surface area contributed by atoms with Crippen molar-refractivity contribution in [3.05, 3.63) is 56.7 Å².